The number of nitriles is 3. The van der Waals surface area contributed by atoms with E-state index >= 15 is 0 Å². The third-order valence-corrected chi connectivity index (χ3v) is 5.75. The van der Waals surface area contributed by atoms with Crippen molar-refractivity contribution in [3.63, 3.8) is 0 Å². The SMILES string of the molecule is CCCN1CC=C2C(C#N)=C(N)C(C#N)(C#N)C(Cc3ccccc3)C2C1. The molecule has 0 saturated heterocycles. The van der Waals surface area contributed by atoms with E-state index in [1.54, 1.807) is 0 Å². The first-order valence-corrected chi connectivity index (χ1v) is 9.30. The molecule has 2 aliphatic rings. The smallest absolute Gasteiger partial charge is 0.187 e. The van der Waals surface area contributed by atoms with Crippen LogP contribution < -0.4 is 5.73 Å². The number of fused-ring (bicyclic) bond motifs is 1. The highest BCUT2D eigenvalue weighted by atomic mass is 15.1. The minimum Gasteiger partial charge on any atom is -0.399 e. The monoisotopic (exact) mass is 357 g/mol. The number of hydrogen-bond acceptors (Lipinski definition) is 5. The molecule has 0 saturated carbocycles. The minimum absolute atomic E-state index is 0.0632. The van der Waals surface area contributed by atoms with Crippen molar-refractivity contribution in [3.05, 3.63) is 58.8 Å². The van der Waals surface area contributed by atoms with E-state index in [4.69, 9.17) is 5.73 Å². The van der Waals surface area contributed by atoms with E-state index < -0.39 is 5.41 Å². The Labute approximate surface area is 160 Å². The normalized spacial score (nSPS) is 24.1. The summed E-state index contributed by atoms with van der Waals surface area (Å²) in [6, 6.07) is 16.4. The Morgan fingerprint density at radius 2 is 1.89 bits per heavy atom. The largest absolute Gasteiger partial charge is 0.399 e. The zero-order valence-corrected chi connectivity index (χ0v) is 15.5. The Hall–Kier alpha value is -3.07. The first-order chi connectivity index (χ1) is 13.1. The summed E-state index contributed by atoms with van der Waals surface area (Å²) in [7, 11) is 0. The van der Waals surface area contributed by atoms with Gasteiger partial charge in [-0.1, -0.05) is 43.3 Å². The number of hydrogen-bond donors (Lipinski definition) is 1. The fraction of sp³-hybridized carbons (Fsp3) is 0.409. The summed E-state index contributed by atoms with van der Waals surface area (Å²) < 4.78 is 0. The first kappa shape index (κ1) is 18.7. The van der Waals surface area contributed by atoms with E-state index in [2.05, 4.69) is 36.1 Å². The highest BCUT2D eigenvalue weighted by Gasteiger charge is 2.53. The van der Waals surface area contributed by atoms with E-state index in [0.29, 0.717) is 12.0 Å². The Morgan fingerprint density at radius 1 is 1.19 bits per heavy atom. The maximum absolute atomic E-state index is 10.0. The lowest BCUT2D eigenvalue weighted by Crippen LogP contribution is -2.50. The molecular formula is C22H23N5. The molecule has 2 unspecified atom stereocenters. The lowest BCUT2D eigenvalue weighted by Gasteiger charge is -2.45. The van der Waals surface area contributed by atoms with Gasteiger partial charge in [-0.3, -0.25) is 4.90 Å². The number of nitrogens with two attached hydrogens (primary N) is 1. The van der Waals surface area contributed by atoms with Gasteiger partial charge in [-0.25, -0.2) is 0 Å². The Morgan fingerprint density at radius 3 is 2.48 bits per heavy atom. The lowest BCUT2D eigenvalue weighted by molar-refractivity contribution is 0.167. The summed E-state index contributed by atoms with van der Waals surface area (Å²) in [5.74, 6) is -0.357. The van der Waals surface area contributed by atoms with Crippen LogP contribution in [-0.2, 0) is 6.42 Å². The van der Waals surface area contributed by atoms with Gasteiger partial charge < -0.3 is 5.73 Å². The van der Waals surface area contributed by atoms with Crippen molar-refractivity contribution in [3.8, 4) is 18.2 Å². The Kier molecular flexibility index (Phi) is 5.31. The Balaban J connectivity index is 2.15. The van der Waals surface area contributed by atoms with Crippen LogP contribution in [-0.4, -0.2) is 24.5 Å². The fourth-order valence-electron chi connectivity index (χ4n) is 4.41. The van der Waals surface area contributed by atoms with Gasteiger partial charge in [0.25, 0.3) is 0 Å². The summed E-state index contributed by atoms with van der Waals surface area (Å²) >= 11 is 0. The van der Waals surface area contributed by atoms with Crippen molar-refractivity contribution in [1.29, 1.82) is 15.8 Å². The van der Waals surface area contributed by atoms with Crippen molar-refractivity contribution in [2.24, 2.45) is 23.0 Å². The molecule has 1 aromatic rings. The summed E-state index contributed by atoms with van der Waals surface area (Å²) in [4.78, 5) is 2.32. The maximum Gasteiger partial charge on any atom is 0.187 e. The van der Waals surface area contributed by atoms with Crippen LogP contribution in [0, 0.1) is 51.2 Å². The molecule has 0 aromatic heterocycles. The van der Waals surface area contributed by atoms with Crippen LogP contribution in [0.5, 0.6) is 0 Å². The number of benzene rings is 1. The van der Waals surface area contributed by atoms with Crippen LogP contribution in [0.3, 0.4) is 0 Å². The average molecular weight is 357 g/mol. The van der Waals surface area contributed by atoms with Crippen molar-refractivity contribution in [1.82, 2.24) is 4.90 Å². The number of rotatable bonds is 4. The lowest BCUT2D eigenvalue weighted by atomic mass is 9.58. The van der Waals surface area contributed by atoms with Crippen LogP contribution in [0.25, 0.3) is 0 Å². The van der Waals surface area contributed by atoms with Crippen LogP contribution in [0.15, 0.2) is 53.3 Å². The summed E-state index contributed by atoms with van der Waals surface area (Å²) in [5.41, 5.74) is 7.21. The van der Waals surface area contributed by atoms with Gasteiger partial charge in [-0.15, -0.1) is 0 Å². The van der Waals surface area contributed by atoms with Gasteiger partial charge >= 0.3 is 0 Å². The van der Waals surface area contributed by atoms with Crippen molar-refractivity contribution in [2.45, 2.75) is 19.8 Å². The van der Waals surface area contributed by atoms with E-state index in [9.17, 15) is 15.8 Å². The molecule has 0 spiro atoms. The van der Waals surface area contributed by atoms with Gasteiger partial charge in [0.2, 0.25) is 0 Å². The molecule has 0 fully saturated rings. The zero-order valence-electron chi connectivity index (χ0n) is 15.5. The molecule has 136 valence electrons. The van der Waals surface area contributed by atoms with E-state index in [-0.39, 0.29) is 17.5 Å². The van der Waals surface area contributed by atoms with E-state index in [0.717, 1.165) is 37.2 Å². The molecule has 2 atom stereocenters. The Bertz CT molecular complexity index is 877. The molecular weight excluding hydrogens is 334 g/mol. The quantitative estimate of drug-likeness (QED) is 0.893. The average Bonchev–Trinajstić information content (AvgIpc) is 2.70. The van der Waals surface area contributed by atoms with Gasteiger partial charge in [0, 0.05) is 24.9 Å². The number of allylic oxidation sites excluding steroid dienone is 2. The molecule has 5 heteroatoms. The highest BCUT2D eigenvalue weighted by Crippen LogP contribution is 2.50. The third-order valence-electron chi connectivity index (χ3n) is 5.75. The molecule has 0 radical (unpaired) electrons. The van der Waals surface area contributed by atoms with Crippen LogP contribution in [0.2, 0.25) is 0 Å². The van der Waals surface area contributed by atoms with E-state index in [1.165, 1.54) is 0 Å². The third kappa shape index (κ3) is 3.10. The van der Waals surface area contributed by atoms with Gasteiger partial charge in [0.15, 0.2) is 5.41 Å². The number of nitrogens with zero attached hydrogens (tertiary/aromatic N) is 4. The van der Waals surface area contributed by atoms with Gasteiger partial charge in [0.1, 0.15) is 6.07 Å². The molecule has 0 amide bonds. The summed E-state index contributed by atoms with van der Waals surface area (Å²) in [6.45, 7) is 4.59. The van der Waals surface area contributed by atoms with Crippen molar-refractivity contribution >= 4 is 0 Å². The molecule has 27 heavy (non-hydrogen) atoms. The molecule has 3 rings (SSSR count). The van der Waals surface area contributed by atoms with Crippen molar-refractivity contribution in [2.75, 3.05) is 19.6 Å². The second-order valence-electron chi connectivity index (χ2n) is 7.25. The molecule has 1 aliphatic heterocycles. The standard InChI is InChI=1S/C22H23N5/c1-2-9-27-10-8-17-18(12-23)21(26)22(14-24,15-25)20(19(17)13-27)11-16-6-4-3-5-7-16/h3-8,19-20H,2,9-11,13,26H2,1H3. The minimum atomic E-state index is -1.49. The molecule has 1 aromatic carbocycles. The first-order valence-electron chi connectivity index (χ1n) is 9.30. The predicted molar refractivity (Wildman–Crippen MR) is 102 cm³/mol. The van der Waals surface area contributed by atoms with E-state index in [1.807, 2.05) is 30.3 Å². The second kappa shape index (κ2) is 7.67. The molecule has 2 N–H and O–H groups in total. The van der Waals surface area contributed by atoms with Crippen LogP contribution in [0.1, 0.15) is 18.9 Å². The van der Waals surface area contributed by atoms with Gasteiger partial charge in [-0.05, 0) is 30.5 Å². The van der Waals surface area contributed by atoms with Gasteiger partial charge in [-0.2, -0.15) is 15.8 Å². The fourth-order valence-corrected chi connectivity index (χ4v) is 4.41. The predicted octanol–water partition coefficient (Wildman–Crippen LogP) is 2.90. The topological polar surface area (TPSA) is 101 Å². The molecule has 1 aliphatic carbocycles. The van der Waals surface area contributed by atoms with Gasteiger partial charge in [0.05, 0.1) is 23.4 Å². The summed E-state index contributed by atoms with van der Waals surface area (Å²) in [5, 5.41) is 29.7. The van der Waals surface area contributed by atoms with Crippen LogP contribution in [0.4, 0.5) is 0 Å². The molecule has 1 heterocycles. The highest BCUT2D eigenvalue weighted by molar-refractivity contribution is 5.56. The molecule has 5 nitrogen and oxygen atoms in total. The summed E-state index contributed by atoms with van der Waals surface area (Å²) in [6.07, 6.45) is 3.67. The second-order valence-corrected chi connectivity index (χ2v) is 7.25. The van der Waals surface area contributed by atoms with Crippen LogP contribution >= 0.6 is 0 Å². The zero-order chi connectivity index (χ0) is 19.4. The molecule has 0 bridgehead atoms. The van der Waals surface area contributed by atoms with Crippen molar-refractivity contribution < 1.29 is 0 Å². The maximum atomic E-state index is 10.0.